The van der Waals surface area contributed by atoms with Crippen molar-refractivity contribution in [3.63, 3.8) is 0 Å². The molecule has 1 fully saturated rings. The van der Waals surface area contributed by atoms with Gasteiger partial charge in [0.2, 0.25) is 0 Å². The molecule has 2 rings (SSSR count). The lowest BCUT2D eigenvalue weighted by Gasteiger charge is -2.35. The van der Waals surface area contributed by atoms with Crippen molar-refractivity contribution in [1.82, 2.24) is 0 Å². The van der Waals surface area contributed by atoms with Crippen LogP contribution in [-0.4, -0.2) is 5.11 Å². The van der Waals surface area contributed by atoms with Gasteiger partial charge in [0.1, 0.15) is 0 Å². The van der Waals surface area contributed by atoms with Crippen molar-refractivity contribution in [1.29, 1.82) is 0 Å². The van der Waals surface area contributed by atoms with Crippen LogP contribution in [0.4, 0.5) is 0 Å². The average Bonchev–Trinajstić information content (AvgIpc) is 2.40. The summed E-state index contributed by atoms with van der Waals surface area (Å²) >= 11 is 5.83. The number of halogens is 2. The van der Waals surface area contributed by atoms with E-state index >= 15 is 0 Å². The van der Waals surface area contributed by atoms with Gasteiger partial charge in [-0.3, -0.25) is 0 Å². The third kappa shape index (κ3) is 3.28. The lowest BCUT2D eigenvalue weighted by molar-refractivity contribution is 0.0446. The summed E-state index contributed by atoms with van der Waals surface area (Å²) < 4.78 is 2.23. The largest absolute Gasteiger partial charge is 0.388 e. The minimum Gasteiger partial charge on any atom is -0.388 e. The van der Waals surface area contributed by atoms with Gasteiger partial charge in [0, 0.05) is 8.04 Å². The van der Waals surface area contributed by atoms with E-state index in [-0.39, 0.29) is 6.10 Å². The van der Waals surface area contributed by atoms with Crippen molar-refractivity contribution >= 4 is 38.5 Å². The van der Waals surface area contributed by atoms with Crippen LogP contribution < -0.4 is 0 Å². The van der Waals surface area contributed by atoms with Crippen molar-refractivity contribution in [2.45, 2.75) is 45.1 Å². The van der Waals surface area contributed by atoms with Crippen molar-refractivity contribution in [2.75, 3.05) is 0 Å². The standard InChI is InChI=1S/C15H20BrIO/c1-2-10-5-3-4-6-12(10)15(18)13-9-11(16)7-8-14(13)17/h7-10,12,15,18H,2-6H2,1H3. The fourth-order valence-electron chi connectivity index (χ4n) is 3.13. The maximum absolute atomic E-state index is 10.7. The lowest BCUT2D eigenvalue weighted by atomic mass is 9.73. The zero-order valence-corrected chi connectivity index (χ0v) is 14.4. The third-order valence-electron chi connectivity index (χ3n) is 4.17. The van der Waals surface area contributed by atoms with Gasteiger partial charge in [-0.15, -0.1) is 0 Å². The molecule has 0 heterocycles. The van der Waals surface area contributed by atoms with Gasteiger partial charge < -0.3 is 5.11 Å². The predicted molar refractivity (Wildman–Crippen MR) is 87.6 cm³/mol. The first-order valence-corrected chi connectivity index (χ1v) is 8.63. The minimum absolute atomic E-state index is 0.306. The van der Waals surface area contributed by atoms with Crippen LogP contribution in [0.3, 0.4) is 0 Å². The molecule has 100 valence electrons. The van der Waals surface area contributed by atoms with E-state index in [1.807, 2.05) is 6.07 Å². The van der Waals surface area contributed by atoms with Crippen LogP contribution in [0.15, 0.2) is 22.7 Å². The van der Waals surface area contributed by atoms with Crippen molar-refractivity contribution in [3.8, 4) is 0 Å². The Hall–Kier alpha value is 0.390. The van der Waals surface area contributed by atoms with Crippen LogP contribution in [0.1, 0.15) is 50.7 Å². The number of hydrogen-bond donors (Lipinski definition) is 1. The SMILES string of the molecule is CCC1CCCCC1C(O)c1cc(Br)ccc1I. The van der Waals surface area contributed by atoms with E-state index in [1.54, 1.807) is 0 Å². The summed E-state index contributed by atoms with van der Waals surface area (Å²) in [5.74, 6) is 1.12. The Kier molecular flexibility index (Phi) is 5.51. The van der Waals surface area contributed by atoms with E-state index in [1.165, 1.54) is 35.7 Å². The summed E-state index contributed by atoms with van der Waals surface area (Å²) in [6, 6.07) is 6.19. The molecule has 3 unspecified atom stereocenters. The summed E-state index contributed by atoms with van der Waals surface area (Å²) in [7, 11) is 0. The van der Waals surface area contributed by atoms with Crippen molar-refractivity contribution < 1.29 is 5.11 Å². The molecular formula is C15H20BrIO. The van der Waals surface area contributed by atoms with E-state index < -0.39 is 0 Å². The van der Waals surface area contributed by atoms with Crippen LogP contribution in [0.25, 0.3) is 0 Å². The monoisotopic (exact) mass is 422 g/mol. The molecule has 1 aliphatic carbocycles. The molecule has 3 heteroatoms. The van der Waals surface area contributed by atoms with Crippen LogP contribution >= 0.6 is 38.5 Å². The highest BCUT2D eigenvalue weighted by Crippen LogP contribution is 2.41. The Labute approximate surface area is 132 Å². The first-order valence-electron chi connectivity index (χ1n) is 6.76. The van der Waals surface area contributed by atoms with Gasteiger partial charge >= 0.3 is 0 Å². The maximum Gasteiger partial charge on any atom is 0.0831 e. The van der Waals surface area contributed by atoms with Crippen LogP contribution in [0, 0.1) is 15.4 Å². The minimum atomic E-state index is -0.306. The van der Waals surface area contributed by atoms with Gasteiger partial charge in [-0.25, -0.2) is 0 Å². The number of aliphatic hydroxyl groups is 1. The van der Waals surface area contributed by atoms with Gasteiger partial charge in [0.15, 0.2) is 0 Å². The molecule has 1 saturated carbocycles. The van der Waals surface area contributed by atoms with E-state index in [9.17, 15) is 5.11 Å². The highest BCUT2D eigenvalue weighted by atomic mass is 127. The summed E-state index contributed by atoms with van der Waals surface area (Å²) in [4.78, 5) is 0. The van der Waals surface area contributed by atoms with Gasteiger partial charge in [-0.2, -0.15) is 0 Å². The topological polar surface area (TPSA) is 20.2 Å². The fraction of sp³-hybridized carbons (Fsp3) is 0.600. The zero-order chi connectivity index (χ0) is 13.1. The molecule has 0 bridgehead atoms. The number of aliphatic hydroxyl groups excluding tert-OH is 1. The second-order valence-corrected chi connectivity index (χ2v) is 7.31. The van der Waals surface area contributed by atoms with Gasteiger partial charge in [0.25, 0.3) is 0 Å². The molecule has 1 N–H and O–H groups in total. The number of hydrogen-bond acceptors (Lipinski definition) is 1. The average molecular weight is 423 g/mol. The van der Waals surface area contributed by atoms with E-state index in [2.05, 4.69) is 57.6 Å². The molecule has 18 heavy (non-hydrogen) atoms. The molecule has 0 saturated heterocycles. The summed E-state index contributed by atoms with van der Waals surface area (Å²) in [6.45, 7) is 2.25. The predicted octanol–water partition coefficient (Wildman–Crippen LogP) is 5.30. The summed E-state index contributed by atoms with van der Waals surface area (Å²) in [5, 5.41) is 10.7. The molecule has 0 aliphatic heterocycles. The van der Waals surface area contributed by atoms with Crippen molar-refractivity contribution in [3.05, 3.63) is 31.8 Å². The molecule has 3 atom stereocenters. The third-order valence-corrected chi connectivity index (χ3v) is 5.65. The second kappa shape index (κ2) is 6.71. The first kappa shape index (κ1) is 14.8. The first-order chi connectivity index (χ1) is 8.63. The van der Waals surface area contributed by atoms with Crippen LogP contribution in [0.5, 0.6) is 0 Å². The molecular weight excluding hydrogens is 403 g/mol. The smallest absolute Gasteiger partial charge is 0.0831 e. The lowest BCUT2D eigenvalue weighted by Crippen LogP contribution is -2.25. The Morgan fingerprint density at radius 1 is 1.39 bits per heavy atom. The molecule has 1 aliphatic rings. The normalized spacial score (nSPS) is 26.0. The second-order valence-electron chi connectivity index (χ2n) is 5.23. The molecule has 0 spiro atoms. The van der Waals surface area contributed by atoms with Gasteiger partial charge in [-0.1, -0.05) is 48.5 Å². The Morgan fingerprint density at radius 3 is 2.83 bits per heavy atom. The molecule has 1 nitrogen and oxygen atoms in total. The number of benzene rings is 1. The molecule has 0 amide bonds. The van der Waals surface area contributed by atoms with Gasteiger partial charge in [-0.05, 0) is 64.6 Å². The quantitative estimate of drug-likeness (QED) is 0.655. The van der Waals surface area contributed by atoms with Crippen molar-refractivity contribution in [2.24, 2.45) is 11.8 Å². The Balaban J connectivity index is 2.23. The maximum atomic E-state index is 10.7. The van der Waals surface area contributed by atoms with E-state index in [0.29, 0.717) is 11.8 Å². The zero-order valence-electron chi connectivity index (χ0n) is 10.7. The summed E-state index contributed by atoms with van der Waals surface area (Å²) in [6.07, 6.45) is 5.93. The molecule has 0 radical (unpaired) electrons. The summed E-state index contributed by atoms with van der Waals surface area (Å²) in [5.41, 5.74) is 1.09. The Morgan fingerprint density at radius 2 is 2.11 bits per heavy atom. The molecule has 1 aromatic rings. The van der Waals surface area contributed by atoms with Gasteiger partial charge in [0.05, 0.1) is 6.10 Å². The van der Waals surface area contributed by atoms with E-state index in [4.69, 9.17) is 0 Å². The van der Waals surface area contributed by atoms with Crippen LogP contribution in [0.2, 0.25) is 0 Å². The van der Waals surface area contributed by atoms with E-state index in [0.717, 1.165) is 10.0 Å². The highest BCUT2D eigenvalue weighted by molar-refractivity contribution is 14.1. The number of rotatable bonds is 3. The Bertz CT molecular complexity index is 407. The molecule has 1 aromatic carbocycles. The fourth-order valence-corrected chi connectivity index (χ4v) is 4.16. The van der Waals surface area contributed by atoms with Crippen LogP contribution in [-0.2, 0) is 0 Å². The highest BCUT2D eigenvalue weighted by Gasteiger charge is 2.31. The molecule has 0 aromatic heterocycles.